The number of epoxide rings is 1. The maximum atomic E-state index is 13.3. The van der Waals surface area contributed by atoms with E-state index in [1.165, 1.54) is 0 Å². The van der Waals surface area contributed by atoms with Gasteiger partial charge < -0.3 is 33.4 Å². The van der Waals surface area contributed by atoms with Crippen LogP contribution in [0.5, 0.6) is 17.2 Å². The Kier molecular flexibility index (Phi) is 6.77. The van der Waals surface area contributed by atoms with Gasteiger partial charge in [0.1, 0.15) is 12.7 Å². The highest BCUT2D eigenvalue weighted by molar-refractivity contribution is 6.74. The van der Waals surface area contributed by atoms with E-state index in [4.69, 9.17) is 28.1 Å². The lowest BCUT2D eigenvalue weighted by Crippen LogP contribution is -2.46. The van der Waals surface area contributed by atoms with Crippen LogP contribution in [0.4, 0.5) is 0 Å². The smallest absolute Gasteiger partial charge is 0.259 e. The van der Waals surface area contributed by atoms with Crippen LogP contribution in [0.2, 0.25) is 18.1 Å². The molecular formula is C24H35NO7Si. The van der Waals surface area contributed by atoms with Crippen molar-refractivity contribution in [1.29, 1.82) is 0 Å². The first kappa shape index (κ1) is 24.1. The van der Waals surface area contributed by atoms with E-state index >= 15 is 0 Å². The maximum Gasteiger partial charge on any atom is 0.259 e. The monoisotopic (exact) mass is 477 g/mol. The van der Waals surface area contributed by atoms with Crippen LogP contribution in [0.25, 0.3) is 0 Å². The fraction of sp³-hybridized carbons (Fsp3) is 0.625. The van der Waals surface area contributed by atoms with Gasteiger partial charge in [0.05, 0.1) is 24.4 Å². The Bertz CT molecular complexity index is 924. The zero-order valence-electron chi connectivity index (χ0n) is 20.4. The standard InChI is InChI=1S/C24H35NO7Si/c1-7-27-10-11-28-20-16(8-9-17-22(20)30-14-29-17)23(26)25-15-12-18-21(31-18)19(13-15)32-33(5,6)24(2,3)4/h8-9,13,18-19,21H,7,10-12,14H2,1-6H3,(H,25,26)/t18-,19+,21-/m1/s1. The van der Waals surface area contributed by atoms with E-state index in [-0.39, 0.29) is 36.1 Å². The molecule has 0 saturated carbocycles. The number of carbonyl (C=O) groups excluding carboxylic acids is 1. The minimum atomic E-state index is -1.98. The van der Waals surface area contributed by atoms with Crippen molar-refractivity contribution in [2.75, 3.05) is 26.6 Å². The van der Waals surface area contributed by atoms with Crippen LogP contribution < -0.4 is 19.5 Å². The third-order valence-electron chi connectivity index (χ3n) is 6.66. The van der Waals surface area contributed by atoms with Crippen molar-refractivity contribution < 1.29 is 32.9 Å². The number of ether oxygens (including phenoxy) is 5. The molecule has 3 aliphatic rings. The van der Waals surface area contributed by atoms with E-state index in [1.807, 2.05) is 13.0 Å². The largest absolute Gasteiger partial charge is 0.486 e. The third kappa shape index (κ3) is 5.21. The molecule has 0 spiro atoms. The van der Waals surface area contributed by atoms with Crippen molar-refractivity contribution in [2.24, 2.45) is 0 Å². The van der Waals surface area contributed by atoms with Gasteiger partial charge in [-0.1, -0.05) is 20.8 Å². The summed E-state index contributed by atoms with van der Waals surface area (Å²) in [6.07, 6.45) is 2.66. The Morgan fingerprint density at radius 1 is 1.21 bits per heavy atom. The quantitative estimate of drug-likeness (QED) is 0.327. The first-order valence-corrected chi connectivity index (χ1v) is 14.5. The highest BCUT2D eigenvalue weighted by atomic mass is 28.4. The van der Waals surface area contributed by atoms with E-state index in [0.29, 0.717) is 49.1 Å². The first-order valence-electron chi connectivity index (χ1n) is 11.6. The molecule has 2 aliphatic heterocycles. The Labute approximate surface area is 196 Å². The molecule has 0 radical (unpaired) electrons. The lowest BCUT2D eigenvalue weighted by atomic mass is 10.0. The van der Waals surface area contributed by atoms with Gasteiger partial charge in [0.25, 0.3) is 5.91 Å². The van der Waals surface area contributed by atoms with Gasteiger partial charge in [-0.3, -0.25) is 4.79 Å². The zero-order chi connectivity index (χ0) is 23.8. The lowest BCUT2D eigenvalue weighted by molar-refractivity contribution is 0.0940. The van der Waals surface area contributed by atoms with Gasteiger partial charge in [-0.25, -0.2) is 0 Å². The van der Waals surface area contributed by atoms with Crippen LogP contribution in [0, 0.1) is 0 Å². The summed E-state index contributed by atoms with van der Waals surface area (Å²) in [7, 11) is -1.98. The summed E-state index contributed by atoms with van der Waals surface area (Å²) in [4.78, 5) is 13.3. The molecule has 1 aromatic carbocycles. The fourth-order valence-corrected chi connectivity index (χ4v) is 4.96. The molecule has 0 bridgehead atoms. The molecule has 182 valence electrons. The molecule has 1 fully saturated rings. The van der Waals surface area contributed by atoms with Crippen molar-refractivity contribution in [1.82, 2.24) is 5.32 Å². The third-order valence-corrected chi connectivity index (χ3v) is 11.1. The summed E-state index contributed by atoms with van der Waals surface area (Å²) < 4.78 is 34.7. The number of benzene rings is 1. The highest BCUT2D eigenvalue weighted by Crippen LogP contribution is 2.45. The Morgan fingerprint density at radius 2 is 2.00 bits per heavy atom. The van der Waals surface area contributed by atoms with Crippen molar-refractivity contribution >= 4 is 14.2 Å². The molecule has 1 saturated heterocycles. The van der Waals surface area contributed by atoms with Gasteiger partial charge in [0.15, 0.2) is 19.8 Å². The molecule has 1 aliphatic carbocycles. The van der Waals surface area contributed by atoms with E-state index < -0.39 is 8.32 Å². The first-order chi connectivity index (χ1) is 15.6. The van der Waals surface area contributed by atoms with Crippen LogP contribution in [0.15, 0.2) is 23.9 Å². The molecule has 8 nitrogen and oxygen atoms in total. The predicted octanol–water partition coefficient (Wildman–Crippen LogP) is 4.01. The van der Waals surface area contributed by atoms with Gasteiger partial charge in [-0.2, -0.15) is 0 Å². The molecule has 1 N–H and O–H groups in total. The van der Waals surface area contributed by atoms with Gasteiger partial charge in [-0.15, -0.1) is 0 Å². The minimum Gasteiger partial charge on any atom is -0.486 e. The Balaban J connectivity index is 1.50. The average Bonchev–Trinajstić information content (AvgIpc) is 3.36. The second-order valence-corrected chi connectivity index (χ2v) is 14.8. The number of carbonyl (C=O) groups is 1. The van der Waals surface area contributed by atoms with Crippen LogP contribution in [0.3, 0.4) is 0 Å². The average molecular weight is 478 g/mol. The summed E-state index contributed by atoms with van der Waals surface area (Å²) in [5.74, 6) is 1.11. The summed E-state index contributed by atoms with van der Waals surface area (Å²) in [6, 6.07) is 3.42. The number of hydrogen-bond donors (Lipinski definition) is 1. The zero-order valence-corrected chi connectivity index (χ0v) is 21.4. The minimum absolute atomic E-state index is 0.0720. The van der Waals surface area contributed by atoms with E-state index in [2.05, 4.69) is 39.2 Å². The fourth-order valence-electron chi connectivity index (χ4n) is 3.73. The molecule has 1 amide bonds. The number of rotatable bonds is 9. The molecule has 0 aromatic heterocycles. The summed E-state index contributed by atoms with van der Waals surface area (Å²) in [6.45, 7) is 14.4. The number of nitrogens with one attached hydrogen (secondary N) is 1. The molecule has 1 aromatic rings. The predicted molar refractivity (Wildman–Crippen MR) is 125 cm³/mol. The topological polar surface area (TPSA) is 87.8 Å². The normalized spacial score (nSPS) is 23.6. The highest BCUT2D eigenvalue weighted by Gasteiger charge is 2.51. The second kappa shape index (κ2) is 9.29. The number of fused-ring (bicyclic) bond motifs is 2. The molecule has 2 heterocycles. The second-order valence-electron chi connectivity index (χ2n) is 10.1. The summed E-state index contributed by atoms with van der Waals surface area (Å²) in [5.41, 5.74) is 1.19. The van der Waals surface area contributed by atoms with E-state index in [1.54, 1.807) is 12.1 Å². The molecule has 33 heavy (non-hydrogen) atoms. The Morgan fingerprint density at radius 3 is 2.73 bits per heavy atom. The van der Waals surface area contributed by atoms with Gasteiger partial charge in [0.2, 0.25) is 12.5 Å². The van der Waals surface area contributed by atoms with Crippen LogP contribution in [-0.2, 0) is 13.9 Å². The number of hydrogen-bond acceptors (Lipinski definition) is 7. The lowest BCUT2D eigenvalue weighted by Gasteiger charge is -2.39. The SMILES string of the molecule is CCOCCOc1c(C(=O)NC2=C[C@H](O[Si](C)(C)C(C)(C)C)[C@@H]3O[C@@H]3C2)ccc2c1OCO2. The van der Waals surface area contributed by atoms with E-state index in [0.717, 1.165) is 5.70 Å². The van der Waals surface area contributed by atoms with Crippen LogP contribution >= 0.6 is 0 Å². The molecule has 4 rings (SSSR count). The summed E-state index contributed by atoms with van der Waals surface area (Å²) in [5, 5.41) is 3.14. The van der Waals surface area contributed by atoms with Crippen LogP contribution in [0.1, 0.15) is 44.5 Å². The molecule has 3 atom stereocenters. The maximum absolute atomic E-state index is 13.3. The van der Waals surface area contributed by atoms with Crippen molar-refractivity contribution in [3.8, 4) is 17.2 Å². The Hall–Kier alpha value is -2.07. The van der Waals surface area contributed by atoms with E-state index in [9.17, 15) is 4.79 Å². The number of amides is 1. The van der Waals surface area contributed by atoms with Crippen molar-refractivity contribution in [3.05, 3.63) is 29.5 Å². The molecule has 0 unspecified atom stereocenters. The van der Waals surface area contributed by atoms with Gasteiger partial charge >= 0.3 is 0 Å². The van der Waals surface area contributed by atoms with Crippen molar-refractivity contribution in [2.45, 2.75) is 70.6 Å². The van der Waals surface area contributed by atoms with Crippen LogP contribution in [-0.4, -0.2) is 59.2 Å². The van der Waals surface area contributed by atoms with Crippen molar-refractivity contribution in [3.63, 3.8) is 0 Å². The van der Waals surface area contributed by atoms with Gasteiger partial charge in [-0.05, 0) is 43.3 Å². The molecular weight excluding hydrogens is 442 g/mol. The molecule has 9 heteroatoms. The summed E-state index contributed by atoms with van der Waals surface area (Å²) >= 11 is 0. The van der Waals surface area contributed by atoms with Gasteiger partial charge in [0, 0.05) is 18.7 Å².